The molecule has 0 aliphatic carbocycles. The van der Waals surface area contributed by atoms with Crippen molar-refractivity contribution in [3.05, 3.63) is 85.3 Å². The number of piperazine rings is 1. The average molecular weight is 636 g/mol. The maximum Gasteiger partial charge on any atom is 0.262 e. The molecule has 0 radical (unpaired) electrons. The Kier molecular flexibility index (Phi) is 8.59. The van der Waals surface area contributed by atoms with Gasteiger partial charge >= 0.3 is 0 Å². The van der Waals surface area contributed by atoms with Gasteiger partial charge in [0.1, 0.15) is 5.75 Å². The van der Waals surface area contributed by atoms with E-state index in [4.69, 9.17) is 16.3 Å². The Morgan fingerprint density at radius 2 is 1.69 bits per heavy atom. The van der Waals surface area contributed by atoms with Gasteiger partial charge in [0.25, 0.3) is 11.8 Å². The van der Waals surface area contributed by atoms with E-state index in [2.05, 4.69) is 42.1 Å². The van der Waals surface area contributed by atoms with E-state index in [0.29, 0.717) is 42.6 Å². The zero-order chi connectivity index (χ0) is 25.8. The van der Waals surface area contributed by atoms with Crippen molar-refractivity contribution in [3.63, 3.8) is 0 Å². The van der Waals surface area contributed by atoms with Gasteiger partial charge in [-0.2, -0.15) is 0 Å². The molecule has 0 unspecified atom stereocenters. The van der Waals surface area contributed by atoms with Gasteiger partial charge in [0.15, 0.2) is 6.61 Å². The van der Waals surface area contributed by atoms with Crippen LogP contribution >= 0.6 is 43.5 Å². The molecule has 188 valence electrons. The second-order valence-electron chi connectivity index (χ2n) is 8.63. The van der Waals surface area contributed by atoms with E-state index in [0.717, 1.165) is 31.3 Å². The Morgan fingerprint density at radius 1 is 0.972 bits per heavy atom. The van der Waals surface area contributed by atoms with Crippen molar-refractivity contribution >= 4 is 66.6 Å². The SMILES string of the molecule is Cc1ccccc1C(=O)N1CCN(c2ccc(NC(=O)COc3c(C)cc(Br)cc3Br)cc2Cl)CC1. The average Bonchev–Trinajstić information content (AvgIpc) is 2.83. The summed E-state index contributed by atoms with van der Waals surface area (Å²) in [6.07, 6.45) is 0. The van der Waals surface area contributed by atoms with Crippen LogP contribution in [0.15, 0.2) is 63.5 Å². The number of anilines is 2. The standard InChI is InChI=1S/C27H26Br2ClN3O3/c1-17-5-3-4-6-21(17)27(35)33-11-9-32(10-12-33)24-8-7-20(15-23(24)30)31-25(34)16-36-26-18(2)13-19(28)14-22(26)29/h3-8,13-15H,9-12,16H2,1-2H3,(H,31,34). The fraction of sp³-hybridized carbons (Fsp3) is 0.259. The van der Waals surface area contributed by atoms with Crippen LogP contribution in [-0.4, -0.2) is 49.5 Å². The number of nitrogens with zero attached hydrogens (tertiary/aromatic N) is 2. The first-order chi connectivity index (χ1) is 17.2. The minimum Gasteiger partial charge on any atom is -0.482 e. The lowest BCUT2D eigenvalue weighted by Crippen LogP contribution is -2.49. The van der Waals surface area contributed by atoms with Crippen LogP contribution in [0.4, 0.5) is 11.4 Å². The van der Waals surface area contributed by atoms with Crippen LogP contribution in [-0.2, 0) is 4.79 Å². The van der Waals surface area contributed by atoms with Crippen molar-refractivity contribution < 1.29 is 14.3 Å². The smallest absolute Gasteiger partial charge is 0.262 e. The summed E-state index contributed by atoms with van der Waals surface area (Å²) in [5.74, 6) is 0.405. The van der Waals surface area contributed by atoms with Gasteiger partial charge in [-0.15, -0.1) is 0 Å². The Balaban J connectivity index is 1.32. The summed E-state index contributed by atoms with van der Waals surface area (Å²) in [5, 5.41) is 3.38. The number of rotatable bonds is 6. The van der Waals surface area contributed by atoms with Crippen LogP contribution in [0.3, 0.4) is 0 Å². The summed E-state index contributed by atoms with van der Waals surface area (Å²) in [7, 11) is 0. The van der Waals surface area contributed by atoms with E-state index in [9.17, 15) is 9.59 Å². The fourth-order valence-electron chi connectivity index (χ4n) is 4.18. The number of halogens is 3. The summed E-state index contributed by atoms with van der Waals surface area (Å²) in [5.41, 5.74) is 4.11. The Labute approximate surface area is 232 Å². The van der Waals surface area contributed by atoms with E-state index >= 15 is 0 Å². The summed E-state index contributed by atoms with van der Waals surface area (Å²) in [6, 6.07) is 16.9. The van der Waals surface area contributed by atoms with Crippen molar-refractivity contribution in [2.75, 3.05) is 43.0 Å². The number of hydrogen-bond acceptors (Lipinski definition) is 4. The van der Waals surface area contributed by atoms with Crippen LogP contribution in [0, 0.1) is 13.8 Å². The van der Waals surface area contributed by atoms with Gasteiger partial charge < -0.3 is 19.9 Å². The predicted octanol–water partition coefficient (Wildman–Crippen LogP) is 6.46. The maximum atomic E-state index is 12.9. The van der Waals surface area contributed by atoms with Crippen LogP contribution in [0.2, 0.25) is 5.02 Å². The van der Waals surface area contributed by atoms with Crippen molar-refractivity contribution in [2.24, 2.45) is 0 Å². The normalized spacial score (nSPS) is 13.5. The molecule has 1 saturated heterocycles. The number of hydrogen-bond donors (Lipinski definition) is 1. The molecule has 3 aromatic rings. The number of amides is 2. The molecule has 0 spiro atoms. The molecule has 0 saturated carbocycles. The number of carbonyl (C=O) groups excluding carboxylic acids is 2. The third kappa shape index (κ3) is 6.22. The number of nitrogens with one attached hydrogen (secondary N) is 1. The zero-order valence-electron chi connectivity index (χ0n) is 20.0. The van der Waals surface area contributed by atoms with Crippen molar-refractivity contribution in [1.29, 1.82) is 0 Å². The fourth-order valence-corrected chi connectivity index (χ4v) is 6.03. The van der Waals surface area contributed by atoms with Gasteiger partial charge in [-0.25, -0.2) is 0 Å². The van der Waals surface area contributed by atoms with Crippen molar-refractivity contribution in [2.45, 2.75) is 13.8 Å². The third-order valence-corrected chi connectivity index (χ3v) is 7.41. The Hall–Kier alpha value is -2.55. The molecule has 2 amide bonds. The predicted molar refractivity (Wildman–Crippen MR) is 151 cm³/mol. The maximum absolute atomic E-state index is 12.9. The first kappa shape index (κ1) is 26.5. The molecule has 4 rings (SSSR count). The Morgan fingerprint density at radius 3 is 2.36 bits per heavy atom. The van der Waals surface area contributed by atoms with Gasteiger partial charge in [-0.1, -0.05) is 45.7 Å². The first-order valence-electron chi connectivity index (χ1n) is 11.5. The molecule has 36 heavy (non-hydrogen) atoms. The molecule has 1 N–H and O–H groups in total. The van der Waals surface area contributed by atoms with E-state index in [1.165, 1.54) is 0 Å². The summed E-state index contributed by atoms with van der Waals surface area (Å²) in [4.78, 5) is 29.4. The summed E-state index contributed by atoms with van der Waals surface area (Å²) < 4.78 is 7.42. The van der Waals surface area contributed by atoms with Crippen LogP contribution < -0.4 is 15.0 Å². The second-order valence-corrected chi connectivity index (χ2v) is 10.8. The van der Waals surface area contributed by atoms with E-state index < -0.39 is 0 Å². The van der Waals surface area contributed by atoms with Gasteiger partial charge in [-0.3, -0.25) is 9.59 Å². The van der Waals surface area contributed by atoms with Crippen LogP contribution in [0.1, 0.15) is 21.5 Å². The molecule has 1 fully saturated rings. The van der Waals surface area contributed by atoms with Crippen molar-refractivity contribution in [3.8, 4) is 5.75 Å². The molecular weight excluding hydrogens is 610 g/mol. The number of carbonyl (C=O) groups is 2. The number of aryl methyl sites for hydroxylation is 2. The van der Waals surface area contributed by atoms with Gasteiger partial charge in [-0.05, 0) is 77.3 Å². The third-order valence-electron chi connectivity index (χ3n) is 6.06. The lowest BCUT2D eigenvalue weighted by molar-refractivity contribution is -0.118. The lowest BCUT2D eigenvalue weighted by atomic mass is 10.1. The molecule has 1 heterocycles. The highest BCUT2D eigenvalue weighted by molar-refractivity contribution is 9.11. The Bertz CT molecular complexity index is 1270. The largest absolute Gasteiger partial charge is 0.482 e. The molecule has 0 bridgehead atoms. The molecule has 3 aromatic carbocycles. The molecular formula is C27H26Br2ClN3O3. The highest BCUT2D eigenvalue weighted by atomic mass is 79.9. The molecule has 0 atom stereocenters. The molecule has 1 aliphatic rings. The van der Waals surface area contributed by atoms with E-state index in [-0.39, 0.29) is 18.4 Å². The van der Waals surface area contributed by atoms with E-state index in [1.807, 2.05) is 67.3 Å². The molecule has 9 heteroatoms. The molecule has 1 aliphatic heterocycles. The second kappa shape index (κ2) is 11.7. The molecule has 0 aromatic heterocycles. The quantitative estimate of drug-likeness (QED) is 0.338. The lowest BCUT2D eigenvalue weighted by Gasteiger charge is -2.36. The highest BCUT2D eigenvalue weighted by Crippen LogP contribution is 2.33. The van der Waals surface area contributed by atoms with Gasteiger partial charge in [0.05, 0.1) is 15.2 Å². The van der Waals surface area contributed by atoms with Gasteiger partial charge in [0, 0.05) is 41.9 Å². The van der Waals surface area contributed by atoms with E-state index in [1.54, 1.807) is 6.07 Å². The zero-order valence-corrected chi connectivity index (χ0v) is 23.9. The minimum absolute atomic E-state index is 0.0597. The summed E-state index contributed by atoms with van der Waals surface area (Å²) in [6.45, 7) is 6.33. The first-order valence-corrected chi connectivity index (χ1v) is 13.5. The molecule has 6 nitrogen and oxygen atoms in total. The van der Waals surface area contributed by atoms with Crippen LogP contribution in [0.5, 0.6) is 5.75 Å². The summed E-state index contributed by atoms with van der Waals surface area (Å²) >= 11 is 13.5. The number of ether oxygens (including phenoxy) is 1. The van der Waals surface area contributed by atoms with Crippen molar-refractivity contribution in [1.82, 2.24) is 4.90 Å². The minimum atomic E-state index is -0.281. The topological polar surface area (TPSA) is 61.9 Å². The monoisotopic (exact) mass is 633 g/mol. The number of benzene rings is 3. The van der Waals surface area contributed by atoms with Gasteiger partial charge in [0.2, 0.25) is 0 Å². The highest BCUT2D eigenvalue weighted by Gasteiger charge is 2.24. The van der Waals surface area contributed by atoms with Crippen LogP contribution in [0.25, 0.3) is 0 Å².